The fourth-order valence-corrected chi connectivity index (χ4v) is 3.36. The summed E-state index contributed by atoms with van der Waals surface area (Å²) >= 11 is 0. The minimum Gasteiger partial charge on any atom is -0.481 e. The van der Waals surface area contributed by atoms with Crippen molar-refractivity contribution in [3.8, 4) is 0 Å². The Morgan fingerprint density at radius 2 is 1.83 bits per heavy atom. The molecular weight excluding hydrogens is 254 g/mol. The van der Waals surface area contributed by atoms with E-state index in [9.17, 15) is 13.2 Å². The average Bonchev–Trinajstić information content (AvgIpc) is 2.21. The SMILES string of the molecule is CCN(CC(C)C(=O)O)S(=O)(=O)CCC(C)(C)C. The molecule has 0 radical (unpaired) electrons. The Morgan fingerprint density at radius 1 is 1.33 bits per heavy atom. The molecule has 0 saturated heterocycles. The van der Waals surface area contributed by atoms with Gasteiger partial charge >= 0.3 is 5.97 Å². The highest BCUT2D eigenvalue weighted by Gasteiger charge is 2.26. The van der Waals surface area contributed by atoms with E-state index < -0.39 is 21.9 Å². The van der Waals surface area contributed by atoms with Gasteiger partial charge in [-0.2, -0.15) is 0 Å². The van der Waals surface area contributed by atoms with E-state index in [2.05, 4.69) is 0 Å². The Hall–Kier alpha value is -0.620. The Bertz CT molecular complexity index is 370. The second-order valence-electron chi connectivity index (χ2n) is 5.82. The van der Waals surface area contributed by atoms with Gasteiger partial charge in [-0.25, -0.2) is 12.7 Å². The highest BCUT2D eigenvalue weighted by molar-refractivity contribution is 7.89. The number of aliphatic carboxylic acids is 1. The average molecular weight is 279 g/mol. The Morgan fingerprint density at radius 3 is 2.17 bits per heavy atom. The molecule has 0 fully saturated rings. The van der Waals surface area contributed by atoms with E-state index in [1.807, 2.05) is 20.8 Å². The van der Waals surface area contributed by atoms with Gasteiger partial charge in [-0.05, 0) is 11.8 Å². The van der Waals surface area contributed by atoms with E-state index >= 15 is 0 Å². The van der Waals surface area contributed by atoms with Crippen LogP contribution in [0.15, 0.2) is 0 Å². The zero-order chi connectivity index (χ0) is 14.6. The Labute approximate surface area is 110 Å². The lowest BCUT2D eigenvalue weighted by molar-refractivity contribution is -0.141. The van der Waals surface area contributed by atoms with Gasteiger partial charge in [0.15, 0.2) is 0 Å². The molecule has 0 aromatic rings. The van der Waals surface area contributed by atoms with Gasteiger partial charge in [0.1, 0.15) is 0 Å². The summed E-state index contributed by atoms with van der Waals surface area (Å²) in [6, 6.07) is 0. The summed E-state index contributed by atoms with van der Waals surface area (Å²) in [4.78, 5) is 10.8. The maximum Gasteiger partial charge on any atom is 0.307 e. The maximum absolute atomic E-state index is 12.1. The van der Waals surface area contributed by atoms with Crippen LogP contribution in [0, 0.1) is 11.3 Å². The van der Waals surface area contributed by atoms with Crippen molar-refractivity contribution in [2.24, 2.45) is 11.3 Å². The Balaban J connectivity index is 4.68. The summed E-state index contributed by atoms with van der Waals surface area (Å²) in [7, 11) is -3.36. The summed E-state index contributed by atoms with van der Waals surface area (Å²) in [5.74, 6) is -1.59. The van der Waals surface area contributed by atoms with Crippen molar-refractivity contribution >= 4 is 16.0 Å². The van der Waals surface area contributed by atoms with Crippen LogP contribution >= 0.6 is 0 Å². The first-order valence-corrected chi connectivity index (χ1v) is 7.81. The first-order valence-electron chi connectivity index (χ1n) is 6.20. The van der Waals surface area contributed by atoms with Gasteiger partial charge in [-0.15, -0.1) is 0 Å². The maximum atomic E-state index is 12.1. The predicted molar refractivity (Wildman–Crippen MR) is 71.9 cm³/mol. The zero-order valence-electron chi connectivity index (χ0n) is 11.9. The number of rotatable bonds is 7. The second kappa shape index (κ2) is 6.52. The van der Waals surface area contributed by atoms with Crippen LogP contribution in [0.1, 0.15) is 41.0 Å². The molecule has 0 heterocycles. The standard InChI is InChI=1S/C12H25NO4S/c1-6-13(9-10(2)11(14)15)18(16,17)8-7-12(3,4)5/h10H,6-9H2,1-5H3,(H,14,15). The molecule has 0 aliphatic carbocycles. The van der Waals surface area contributed by atoms with E-state index in [4.69, 9.17) is 5.11 Å². The van der Waals surface area contributed by atoms with E-state index in [0.717, 1.165) is 0 Å². The van der Waals surface area contributed by atoms with Gasteiger partial charge in [-0.1, -0.05) is 34.6 Å². The molecule has 108 valence electrons. The normalized spacial score (nSPS) is 14.8. The van der Waals surface area contributed by atoms with Crippen LogP contribution in [0.2, 0.25) is 0 Å². The zero-order valence-corrected chi connectivity index (χ0v) is 12.7. The van der Waals surface area contributed by atoms with Gasteiger partial charge < -0.3 is 5.11 Å². The fraction of sp³-hybridized carbons (Fsp3) is 0.917. The third-order valence-corrected chi connectivity index (χ3v) is 4.67. The van der Waals surface area contributed by atoms with E-state index in [0.29, 0.717) is 13.0 Å². The molecule has 0 amide bonds. The predicted octanol–water partition coefficient (Wildman–Crippen LogP) is 1.79. The van der Waals surface area contributed by atoms with Gasteiger partial charge in [0.2, 0.25) is 10.0 Å². The minimum atomic E-state index is -3.36. The number of carbonyl (C=O) groups is 1. The molecule has 0 aromatic carbocycles. The molecule has 0 saturated carbocycles. The Kier molecular flexibility index (Phi) is 6.29. The molecule has 0 spiro atoms. The van der Waals surface area contributed by atoms with Crippen LogP contribution in [0.5, 0.6) is 0 Å². The largest absolute Gasteiger partial charge is 0.481 e. The van der Waals surface area contributed by atoms with Gasteiger partial charge in [-0.3, -0.25) is 4.79 Å². The van der Waals surface area contributed by atoms with Crippen molar-refractivity contribution in [2.45, 2.75) is 41.0 Å². The molecule has 1 unspecified atom stereocenters. The minimum absolute atomic E-state index is 0.0400. The number of sulfonamides is 1. The summed E-state index contributed by atoms with van der Waals surface area (Å²) in [6.45, 7) is 9.55. The monoisotopic (exact) mass is 279 g/mol. The van der Waals surface area contributed by atoms with E-state index in [-0.39, 0.29) is 17.7 Å². The number of carboxylic acid groups (broad SMARTS) is 1. The van der Waals surface area contributed by atoms with E-state index in [1.165, 1.54) is 11.2 Å². The van der Waals surface area contributed by atoms with Crippen LogP contribution < -0.4 is 0 Å². The molecule has 6 heteroatoms. The fourth-order valence-electron chi connectivity index (χ4n) is 1.39. The molecule has 0 aliphatic rings. The van der Waals surface area contributed by atoms with Crippen molar-refractivity contribution in [1.29, 1.82) is 0 Å². The number of carboxylic acids is 1. The van der Waals surface area contributed by atoms with Crippen LogP contribution in [-0.2, 0) is 14.8 Å². The molecule has 0 rings (SSSR count). The van der Waals surface area contributed by atoms with Crippen LogP contribution in [0.3, 0.4) is 0 Å². The molecule has 1 atom stereocenters. The van der Waals surface area contributed by atoms with Gasteiger partial charge in [0, 0.05) is 13.1 Å². The van der Waals surface area contributed by atoms with Crippen molar-refractivity contribution in [1.82, 2.24) is 4.31 Å². The lowest BCUT2D eigenvalue weighted by Gasteiger charge is -2.25. The quantitative estimate of drug-likeness (QED) is 0.771. The molecule has 5 nitrogen and oxygen atoms in total. The smallest absolute Gasteiger partial charge is 0.307 e. The highest BCUT2D eigenvalue weighted by atomic mass is 32.2. The number of hydrogen-bond donors (Lipinski definition) is 1. The van der Waals surface area contributed by atoms with Crippen molar-refractivity contribution in [3.05, 3.63) is 0 Å². The number of hydrogen-bond acceptors (Lipinski definition) is 3. The summed E-state index contributed by atoms with van der Waals surface area (Å²) < 4.78 is 25.5. The molecule has 18 heavy (non-hydrogen) atoms. The number of nitrogens with zero attached hydrogens (tertiary/aromatic N) is 1. The van der Waals surface area contributed by atoms with Crippen LogP contribution in [0.25, 0.3) is 0 Å². The lowest BCUT2D eigenvalue weighted by atomic mass is 9.94. The van der Waals surface area contributed by atoms with E-state index in [1.54, 1.807) is 6.92 Å². The van der Waals surface area contributed by atoms with Crippen LogP contribution in [-0.4, -0.2) is 42.6 Å². The van der Waals surface area contributed by atoms with Crippen molar-refractivity contribution in [3.63, 3.8) is 0 Å². The summed E-state index contributed by atoms with van der Waals surface area (Å²) in [6.07, 6.45) is 0.563. The molecule has 1 N–H and O–H groups in total. The molecule has 0 aromatic heterocycles. The second-order valence-corrected chi connectivity index (χ2v) is 7.91. The van der Waals surface area contributed by atoms with Crippen molar-refractivity contribution < 1.29 is 18.3 Å². The molecule has 0 aliphatic heterocycles. The van der Waals surface area contributed by atoms with Crippen molar-refractivity contribution in [2.75, 3.05) is 18.8 Å². The highest BCUT2D eigenvalue weighted by Crippen LogP contribution is 2.20. The molecular formula is C12H25NO4S. The first-order chi connectivity index (χ1) is 7.99. The first kappa shape index (κ1) is 17.4. The summed E-state index contributed by atoms with van der Waals surface area (Å²) in [5, 5.41) is 8.83. The summed E-state index contributed by atoms with van der Waals surface area (Å²) in [5.41, 5.74) is -0.0507. The lowest BCUT2D eigenvalue weighted by Crippen LogP contribution is -2.38. The van der Waals surface area contributed by atoms with Gasteiger partial charge in [0.25, 0.3) is 0 Å². The third kappa shape index (κ3) is 6.35. The third-order valence-electron chi connectivity index (χ3n) is 2.76. The van der Waals surface area contributed by atoms with Gasteiger partial charge in [0.05, 0.1) is 11.7 Å². The topological polar surface area (TPSA) is 74.7 Å². The molecule has 0 bridgehead atoms. The van der Waals surface area contributed by atoms with Crippen LogP contribution in [0.4, 0.5) is 0 Å².